The molecular weight excluding hydrogens is 540 g/mol. The van der Waals surface area contributed by atoms with Crippen LogP contribution >= 0.6 is 0 Å². The molecular formula is C33H44N8O2. The number of piperazine rings is 2. The predicted octanol–water partition coefficient (Wildman–Crippen LogP) is 3.50. The molecule has 0 aliphatic carbocycles. The molecule has 4 bridgehead atoms. The number of anilines is 1. The maximum absolute atomic E-state index is 9.78. The fourth-order valence-electron chi connectivity index (χ4n) is 7.45. The molecule has 10 nitrogen and oxygen atoms in total. The van der Waals surface area contributed by atoms with E-state index in [-0.39, 0.29) is 5.60 Å². The van der Waals surface area contributed by atoms with Crippen LogP contribution in [0.15, 0.2) is 36.8 Å². The zero-order chi connectivity index (χ0) is 29.7. The monoisotopic (exact) mass is 584 g/mol. The van der Waals surface area contributed by atoms with Crippen LogP contribution in [0.25, 0.3) is 16.6 Å². The predicted molar refractivity (Wildman–Crippen MR) is 166 cm³/mol. The van der Waals surface area contributed by atoms with Crippen molar-refractivity contribution in [2.75, 3.05) is 64.4 Å². The molecule has 6 aliphatic rings. The van der Waals surface area contributed by atoms with E-state index in [1.165, 1.54) is 25.9 Å². The van der Waals surface area contributed by atoms with Crippen molar-refractivity contribution in [3.63, 3.8) is 0 Å². The number of piperidine rings is 2. The number of pyridine rings is 2. The number of rotatable bonds is 10. The van der Waals surface area contributed by atoms with Crippen LogP contribution in [-0.2, 0) is 4.74 Å². The van der Waals surface area contributed by atoms with Gasteiger partial charge in [-0.05, 0) is 65.3 Å². The molecule has 0 saturated carbocycles. The summed E-state index contributed by atoms with van der Waals surface area (Å²) in [5.41, 5.74) is 3.11. The molecule has 228 valence electrons. The van der Waals surface area contributed by atoms with E-state index >= 15 is 0 Å². The first-order chi connectivity index (χ1) is 20.8. The molecule has 9 rings (SSSR count). The highest BCUT2D eigenvalue weighted by Crippen LogP contribution is 2.36. The Balaban J connectivity index is 0.999. The number of likely N-dealkylation sites (N-methyl/N-ethyl adjacent to an activating group) is 1. The van der Waals surface area contributed by atoms with Gasteiger partial charge in [-0.2, -0.15) is 10.4 Å². The average Bonchev–Trinajstić information content (AvgIpc) is 3.43. The molecule has 6 fully saturated rings. The van der Waals surface area contributed by atoms with Crippen molar-refractivity contribution < 1.29 is 9.47 Å². The minimum absolute atomic E-state index is 0.0926. The van der Waals surface area contributed by atoms with E-state index in [1.807, 2.05) is 18.5 Å². The van der Waals surface area contributed by atoms with Crippen LogP contribution in [0.2, 0.25) is 0 Å². The Hall–Kier alpha value is -3.23. The van der Waals surface area contributed by atoms with Gasteiger partial charge in [0.25, 0.3) is 0 Å². The third-order valence-electron chi connectivity index (χ3n) is 9.84. The molecule has 3 aromatic heterocycles. The maximum Gasteiger partial charge on any atom is 0.138 e. The van der Waals surface area contributed by atoms with Gasteiger partial charge in [-0.3, -0.25) is 9.80 Å². The second-order valence-electron chi connectivity index (χ2n) is 13.8. The number of aromatic nitrogens is 3. The fourth-order valence-corrected chi connectivity index (χ4v) is 7.45. The second kappa shape index (κ2) is 11.4. The Morgan fingerprint density at radius 3 is 2.42 bits per heavy atom. The molecule has 3 aromatic rings. The number of nitriles is 1. The molecule has 0 N–H and O–H groups in total. The number of hydrogen-bond donors (Lipinski definition) is 0. The van der Waals surface area contributed by atoms with Gasteiger partial charge in [0.2, 0.25) is 0 Å². The Morgan fingerprint density at radius 1 is 0.977 bits per heavy atom. The summed E-state index contributed by atoms with van der Waals surface area (Å²) in [4.78, 5) is 15.0. The number of fused-ring (bicyclic) bond motifs is 5. The fraction of sp³-hybridized carbons (Fsp3) is 0.606. The lowest BCUT2D eigenvalue weighted by molar-refractivity contribution is -0.0579. The molecule has 0 aromatic carbocycles. The van der Waals surface area contributed by atoms with E-state index in [9.17, 15) is 5.26 Å². The van der Waals surface area contributed by atoms with E-state index in [1.54, 1.807) is 10.7 Å². The minimum Gasteiger partial charge on any atom is -0.492 e. The molecule has 10 heteroatoms. The normalized spacial score (nSPS) is 25.8. The Kier molecular flexibility index (Phi) is 7.54. The minimum atomic E-state index is -0.0926. The van der Waals surface area contributed by atoms with Crippen LogP contribution in [-0.4, -0.2) is 119 Å². The Labute approximate surface area is 254 Å². The third kappa shape index (κ3) is 5.72. The lowest BCUT2D eigenvalue weighted by Gasteiger charge is -2.56. The van der Waals surface area contributed by atoms with E-state index < -0.39 is 0 Å². The van der Waals surface area contributed by atoms with Crippen LogP contribution in [0.3, 0.4) is 0 Å². The summed E-state index contributed by atoms with van der Waals surface area (Å²) in [6, 6.07) is 11.1. The zero-order valence-electron chi connectivity index (χ0n) is 25.9. The summed E-state index contributed by atoms with van der Waals surface area (Å²) >= 11 is 0. The zero-order valence-corrected chi connectivity index (χ0v) is 25.9. The van der Waals surface area contributed by atoms with E-state index in [0.717, 1.165) is 79.5 Å². The molecule has 0 amide bonds. The van der Waals surface area contributed by atoms with Crippen LogP contribution in [0, 0.1) is 11.3 Å². The number of nitrogens with zero attached hydrogens (tertiary/aromatic N) is 8. The van der Waals surface area contributed by atoms with Crippen molar-refractivity contribution in [1.82, 2.24) is 29.3 Å². The molecule has 6 aliphatic heterocycles. The van der Waals surface area contributed by atoms with Gasteiger partial charge in [0.1, 0.15) is 17.6 Å². The lowest BCUT2D eigenvalue weighted by atomic mass is 9.87. The van der Waals surface area contributed by atoms with E-state index in [4.69, 9.17) is 14.5 Å². The molecule has 6 saturated heterocycles. The topological polar surface area (TPSA) is 85.4 Å². The third-order valence-corrected chi connectivity index (χ3v) is 9.84. The van der Waals surface area contributed by atoms with Gasteiger partial charge < -0.3 is 19.3 Å². The SMILES string of the molecule is CN1C2CC1CN(CCCOc1cc(-c3ccc(N4CC5CC(C4)N5CCOC(C)(C)C)nc3)c3c(C#N)cnn3c1)C2. The summed E-state index contributed by atoms with van der Waals surface area (Å²) in [6.45, 7) is 14.1. The number of hydrogen-bond acceptors (Lipinski definition) is 9. The van der Waals surface area contributed by atoms with Crippen molar-refractivity contribution in [3.05, 3.63) is 42.4 Å². The lowest BCUT2D eigenvalue weighted by Crippen LogP contribution is -2.69. The molecule has 9 heterocycles. The largest absolute Gasteiger partial charge is 0.492 e. The standard InChI is InChI=1S/C33H44N8O2/c1-33(2,3)43-11-9-40-27-13-28(40)21-39(20-27)31-7-6-23(16-35-31)30-14-29(22-41-32(30)24(15-34)17-36-41)42-10-5-8-38-18-25-12-26(19-38)37(25)4/h6-7,14,16-17,22,25-28H,5,8-13,18-21H2,1-4H3. The average molecular weight is 585 g/mol. The second-order valence-corrected chi connectivity index (χ2v) is 13.8. The van der Waals surface area contributed by atoms with Gasteiger partial charge in [-0.25, -0.2) is 9.50 Å². The Morgan fingerprint density at radius 2 is 1.74 bits per heavy atom. The molecule has 4 unspecified atom stereocenters. The maximum atomic E-state index is 9.78. The summed E-state index contributed by atoms with van der Waals surface area (Å²) in [7, 11) is 2.25. The Bertz CT molecular complexity index is 1470. The van der Waals surface area contributed by atoms with Gasteiger partial charge in [0, 0.05) is 80.8 Å². The van der Waals surface area contributed by atoms with E-state index in [2.05, 4.69) is 70.7 Å². The van der Waals surface area contributed by atoms with Crippen molar-refractivity contribution in [2.24, 2.45) is 0 Å². The van der Waals surface area contributed by atoms with Gasteiger partial charge in [0.05, 0.1) is 42.3 Å². The highest BCUT2D eigenvalue weighted by atomic mass is 16.5. The van der Waals surface area contributed by atoms with Crippen molar-refractivity contribution in [2.45, 2.75) is 69.8 Å². The van der Waals surface area contributed by atoms with Crippen LogP contribution in [0.1, 0.15) is 45.6 Å². The van der Waals surface area contributed by atoms with Crippen LogP contribution in [0.4, 0.5) is 5.82 Å². The summed E-state index contributed by atoms with van der Waals surface area (Å²) in [5.74, 6) is 1.76. The first-order valence-electron chi connectivity index (χ1n) is 15.9. The smallest absolute Gasteiger partial charge is 0.138 e. The van der Waals surface area contributed by atoms with Crippen molar-refractivity contribution in [3.8, 4) is 22.9 Å². The first-order valence-corrected chi connectivity index (χ1v) is 15.9. The van der Waals surface area contributed by atoms with Gasteiger partial charge >= 0.3 is 0 Å². The first kappa shape index (κ1) is 28.5. The summed E-state index contributed by atoms with van der Waals surface area (Å²) in [5, 5.41) is 14.2. The van der Waals surface area contributed by atoms with Crippen LogP contribution < -0.4 is 9.64 Å². The van der Waals surface area contributed by atoms with Crippen molar-refractivity contribution in [1.29, 1.82) is 5.26 Å². The van der Waals surface area contributed by atoms with Gasteiger partial charge in [-0.1, -0.05) is 0 Å². The summed E-state index contributed by atoms with van der Waals surface area (Å²) in [6.07, 6.45) is 9.02. The molecule has 0 radical (unpaired) electrons. The molecule has 4 atom stereocenters. The van der Waals surface area contributed by atoms with Crippen LogP contribution in [0.5, 0.6) is 5.75 Å². The van der Waals surface area contributed by atoms with Gasteiger partial charge in [0.15, 0.2) is 0 Å². The number of ether oxygens (including phenoxy) is 2. The summed E-state index contributed by atoms with van der Waals surface area (Å²) < 4.78 is 14.0. The van der Waals surface area contributed by atoms with Gasteiger partial charge in [-0.15, -0.1) is 0 Å². The highest BCUT2D eigenvalue weighted by molar-refractivity contribution is 5.85. The molecule has 0 spiro atoms. The van der Waals surface area contributed by atoms with E-state index in [0.29, 0.717) is 24.3 Å². The molecule has 43 heavy (non-hydrogen) atoms. The van der Waals surface area contributed by atoms with Crippen molar-refractivity contribution >= 4 is 11.3 Å². The quantitative estimate of drug-likeness (QED) is 0.333. The highest BCUT2D eigenvalue weighted by Gasteiger charge is 2.44.